The highest BCUT2D eigenvalue weighted by atomic mass is 35.5. The molecule has 1 aliphatic carbocycles. The topological polar surface area (TPSA) is 35.2 Å². The fourth-order valence-corrected chi connectivity index (χ4v) is 1.45. The Morgan fingerprint density at radius 2 is 2.36 bits per heavy atom. The average Bonchev–Trinajstić information content (AvgIpc) is 2.37. The fraction of sp³-hybridized carbons (Fsp3) is 0.750. The lowest BCUT2D eigenvalue weighted by molar-refractivity contribution is 0.0686. The third-order valence-corrected chi connectivity index (χ3v) is 2.18. The second kappa shape index (κ2) is 4.75. The Bertz CT molecular complexity index is 138. The van der Waals surface area contributed by atoms with Gasteiger partial charge in [-0.25, -0.2) is 0 Å². The van der Waals surface area contributed by atoms with E-state index < -0.39 is 0 Å². The second-order valence-electron chi connectivity index (χ2n) is 2.83. The Morgan fingerprint density at radius 1 is 1.55 bits per heavy atom. The number of halogens is 1. The largest absolute Gasteiger partial charge is 0.373 e. The summed E-state index contributed by atoms with van der Waals surface area (Å²) in [7, 11) is 0. The zero-order chi connectivity index (χ0) is 8.10. The number of hydrogen-bond acceptors (Lipinski definition) is 2. The van der Waals surface area contributed by atoms with Crippen molar-refractivity contribution in [2.45, 2.75) is 31.4 Å². The molecule has 1 fully saturated rings. The molecule has 0 amide bonds. The first kappa shape index (κ1) is 9.04. The average molecular weight is 176 g/mol. The Kier molecular flexibility index (Phi) is 3.91. The van der Waals surface area contributed by atoms with Gasteiger partial charge in [-0.1, -0.05) is 11.6 Å². The first-order valence-corrected chi connectivity index (χ1v) is 4.40. The number of rotatable bonds is 3. The maximum Gasteiger partial charge on any atom is 0.0730 e. The molecule has 0 heterocycles. The Balaban J connectivity index is 2.15. The van der Waals surface area contributed by atoms with Crippen molar-refractivity contribution in [2.75, 3.05) is 6.61 Å². The van der Waals surface area contributed by atoms with Crippen LogP contribution in [0.15, 0.2) is 11.6 Å². The Hall–Kier alpha value is -0.0500. The van der Waals surface area contributed by atoms with Crippen molar-refractivity contribution >= 4 is 11.6 Å². The zero-order valence-electron chi connectivity index (χ0n) is 6.50. The van der Waals surface area contributed by atoms with Gasteiger partial charge in [0.2, 0.25) is 0 Å². The molecule has 2 atom stereocenters. The normalized spacial score (nSPS) is 31.8. The quantitative estimate of drug-likeness (QED) is 0.708. The molecule has 1 rings (SSSR count). The van der Waals surface area contributed by atoms with Crippen molar-refractivity contribution in [2.24, 2.45) is 5.73 Å². The highest BCUT2D eigenvalue weighted by Crippen LogP contribution is 2.19. The summed E-state index contributed by atoms with van der Waals surface area (Å²) in [5.41, 5.74) is 7.25. The molecule has 0 radical (unpaired) electrons. The van der Waals surface area contributed by atoms with Crippen LogP contribution < -0.4 is 5.73 Å². The lowest BCUT2D eigenvalue weighted by atomic mass is 10.2. The lowest BCUT2D eigenvalue weighted by Gasteiger charge is -2.14. The van der Waals surface area contributed by atoms with E-state index >= 15 is 0 Å². The van der Waals surface area contributed by atoms with Crippen LogP contribution in [0.1, 0.15) is 19.3 Å². The molecular formula is C8H14ClNO. The number of hydrogen-bond donors (Lipinski definition) is 1. The lowest BCUT2D eigenvalue weighted by Crippen LogP contribution is -2.31. The molecule has 2 nitrogen and oxygen atoms in total. The first-order valence-electron chi connectivity index (χ1n) is 3.97. The van der Waals surface area contributed by atoms with Crippen molar-refractivity contribution in [3.05, 3.63) is 11.6 Å². The molecule has 1 saturated carbocycles. The molecule has 2 unspecified atom stereocenters. The van der Waals surface area contributed by atoms with Gasteiger partial charge in [0.1, 0.15) is 0 Å². The summed E-state index contributed by atoms with van der Waals surface area (Å²) in [6, 6.07) is 0.235. The van der Waals surface area contributed by atoms with Gasteiger partial charge in [0, 0.05) is 11.6 Å². The van der Waals surface area contributed by atoms with Crippen LogP contribution in [0.5, 0.6) is 0 Å². The van der Waals surface area contributed by atoms with Gasteiger partial charge in [0.25, 0.3) is 0 Å². The van der Waals surface area contributed by atoms with Crippen LogP contribution in [0, 0.1) is 0 Å². The van der Waals surface area contributed by atoms with Crippen molar-refractivity contribution in [1.82, 2.24) is 0 Å². The van der Waals surface area contributed by atoms with Crippen LogP contribution >= 0.6 is 11.6 Å². The molecule has 64 valence electrons. The summed E-state index contributed by atoms with van der Waals surface area (Å²) in [6.07, 6.45) is 5.41. The van der Waals surface area contributed by atoms with Crippen molar-refractivity contribution < 1.29 is 4.74 Å². The smallest absolute Gasteiger partial charge is 0.0730 e. The van der Waals surface area contributed by atoms with Crippen molar-refractivity contribution in [1.29, 1.82) is 0 Å². The minimum absolute atomic E-state index is 0.235. The molecule has 1 aliphatic rings. The predicted molar refractivity (Wildman–Crippen MR) is 46.6 cm³/mol. The highest BCUT2D eigenvalue weighted by molar-refractivity contribution is 6.25. The first-order chi connectivity index (χ1) is 5.34. The molecule has 0 aliphatic heterocycles. The van der Waals surface area contributed by atoms with Crippen LogP contribution in [0.25, 0.3) is 0 Å². The highest BCUT2D eigenvalue weighted by Gasteiger charge is 2.23. The van der Waals surface area contributed by atoms with E-state index in [4.69, 9.17) is 22.1 Å². The molecule has 0 aromatic rings. The van der Waals surface area contributed by atoms with Crippen LogP contribution in [0.3, 0.4) is 0 Å². The SMILES string of the molecule is NC1CCCC1OC/C=C/Cl. The standard InChI is InChI=1S/C8H14ClNO/c9-5-2-6-11-8-4-1-3-7(8)10/h2,5,7-8H,1,3-4,6,10H2/b5-2+. The van der Waals surface area contributed by atoms with Crippen LogP contribution in [-0.4, -0.2) is 18.8 Å². The number of nitrogens with two attached hydrogens (primary N) is 1. The summed E-state index contributed by atoms with van der Waals surface area (Å²) in [5.74, 6) is 0. The van der Waals surface area contributed by atoms with E-state index in [0.29, 0.717) is 6.61 Å². The summed E-state index contributed by atoms with van der Waals surface area (Å²) in [6.45, 7) is 0.585. The van der Waals surface area contributed by atoms with Crippen LogP contribution in [0.2, 0.25) is 0 Å². The third kappa shape index (κ3) is 2.81. The molecular weight excluding hydrogens is 162 g/mol. The summed E-state index contributed by atoms with van der Waals surface area (Å²) in [5, 5.41) is 0. The van der Waals surface area contributed by atoms with E-state index in [0.717, 1.165) is 12.8 Å². The van der Waals surface area contributed by atoms with Gasteiger partial charge in [0.05, 0.1) is 12.7 Å². The Labute approximate surface area is 72.4 Å². The van der Waals surface area contributed by atoms with E-state index in [2.05, 4.69) is 0 Å². The second-order valence-corrected chi connectivity index (χ2v) is 3.08. The van der Waals surface area contributed by atoms with Gasteiger partial charge in [-0.3, -0.25) is 0 Å². The summed E-state index contributed by atoms with van der Waals surface area (Å²) < 4.78 is 5.46. The minimum Gasteiger partial charge on any atom is -0.373 e. The molecule has 0 aromatic carbocycles. The van der Waals surface area contributed by atoms with Gasteiger partial charge in [-0.2, -0.15) is 0 Å². The zero-order valence-corrected chi connectivity index (χ0v) is 7.26. The van der Waals surface area contributed by atoms with Gasteiger partial charge in [-0.15, -0.1) is 0 Å². The van der Waals surface area contributed by atoms with Crippen LogP contribution in [-0.2, 0) is 4.74 Å². The van der Waals surface area contributed by atoms with Gasteiger partial charge in [-0.05, 0) is 25.3 Å². The number of ether oxygens (including phenoxy) is 1. The van der Waals surface area contributed by atoms with Crippen molar-refractivity contribution in [3.8, 4) is 0 Å². The fourth-order valence-electron chi connectivity index (χ4n) is 1.38. The molecule has 0 aromatic heterocycles. The van der Waals surface area contributed by atoms with E-state index in [1.807, 2.05) is 0 Å². The molecule has 0 bridgehead atoms. The summed E-state index contributed by atoms with van der Waals surface area (Å²) in [4.78, 5) is 0. The van der Waals surface area contributed by atoms with Crippen LogP contribution in [0.4, 0.5) is 0 Å². The minimum atomic E-state index is 0.235. The van der Waals surface area contributed by atoms with Gasteiger partial charge >= 0.3 is 0 Å². The van der Waals surface area contributed by atoms with Gasteiger partial charge in [0.15, 0.2) is 0 Å². The van der Waals surface area contributed by atoms with Gasteiger partial charge < -0.3 is 10.5 Å². The predicted octanol–water partition coefficient (Wildman–Crippen LogP) is 1.64. The molecule has 3 heteroatoms. The molecule has 2 N–H and O–H groups in total. The van der Waals surface area contributed by atoms with E-state index in [9.17, 15) is 0 Å². The van der Waals surface area contributed by atoms with E-state index in [-0.39, 0.29) is 12.1 Å². The molecule has 11 heavy (non-hydrogen) atoms. The molecule has 0 saturated heterocycles. The summed E-state index contributed by atoms with van der Waals surface area (Å²) >= 11 is 5.33. The maximum atomic E-state index is 5.78. The van der Waals surface area contributed by atoms with Crippen molar-refractivity contribution in [3.63, 3.8) is 0 Å². The van der Waals surface area contributed by atoms with E-state index in [1.54, 1.807) is 6.08 Å². The monoisotopic (exact) mass is 175 g/mol. The van der Waals surface area contributed by atoms with E-state index in [1.165, 1.54) is 12.0 Å². The maximum absolute atomic E-state index is 5.78. The molecule has 0 spiro atoms. The Morgan fingerprint density at radius 3 is 2.91 bits per heavy atom. The third-order valence-electron chi connectivity index (χ3n) is 2.00.